The van der Waals surface area contributed by atoms with Crippen LogP contribution in [0.4, 0.5) is 0 Å². The van der Waals surface area contributed by atoms with Crippen molar-refractivity contribution in [1.82, 2.24) is 10.3 Å². The van der Waals surface area contributed by atoms with E-state index in [4.69, 9.17) is 11.6 Å². The molecule has 4 heteroatoms. The average molecular weight is 340 g/mol. The van der Waals surface area contributed by atoms with Crippen LogP contribution >= 0.6 is 27.5 Å². The molecule has 0 spiro atoms. The maximum atomic E-state index is 6.00. The summed E-state index contributed by atoms with van der Waals surface area (Å²) in [7, 11) is 0. The molecular weight excluding hydrogens is 324 g/mol. The Morgan fingerprint density at radius 3 is 2.63 bits per heavy atom. The van der Waals surface area contributed by atoms with E-state index < -0.39 is 0 Å². The lowest BCUT2D eigenvalue weighted by molar-refractivity contribution is 0.548. The molecule has 1 heterocycles. The second-order valence-electron chi connectivity index (χ2n) is 4.34. The third-order valence-corrected chi connectivity index (χ3v) is 3.90. The lowest BCUT2D eigenvalue weighted by Crippen LogP contribution is -2.23. The van der Waals surface area contributed by atoms with Crippen LogP contribution in [0.25, 0.3) is 0 Å². The zero-order chi connectivity index (χ0) is 13.7. The molecule has 1 aromatic heterocycles. The van der Waals surface area contributed by atoms with E-state index in [9.17, 15) is 0 Å². The first kappa shape index (κ1) is 14.5. The van der Waals surface area contributed by atoms with Crippen molar-refractivity contribution >= 4 is 27.5 Å². The monoisotopic (exact) mass is 338 g/mol. The van der Waals surface area contributed by atoms with Crippen LogP contribution in [-0.4, -0.2) is 11.5 Å². The second-order valence-corrected chi connectivity index (χ2v) is 5.63. The van der Waals surface area contributed by atoms with E-state index in [1.165, 1.54) is 11.1 Å². The molecule has 0 amide bonds. The molecule has 19 heavy (non-hydrogen) atoms. The van der Waals surface area contributed by atoms with Crippen molar-refractivity contribution in [1.29, 1.82) is 0 Å². The fourth-order valence-corrected chi connectivity index (χ4v) is 3.04. The number of rotatable bonds is 5. The van der Waals surface area contributed by atoms with Gasteiger partial charge in [0.2, 0.25) is 0 Å². The van der Waals surface area contributed by atoms with Crippen molar-refractivity contribution in [3.63, 3.8) is 0 Å². The summed E-state index contributed by atoms with van der Waals surface area (Å²) in [5.74, 6) is 0. The number of nitrogens with one attached hydrogen (secondary N) is 1. The Hall–Kier alpha value is -0.900. The summed E-state index contributed by atoms with van der Waals surface area (Å²) in [5, 5.41) is 4.26. The highest BCUT2D eigenvalue weighted by atomic mass is 79.9. The molecule has 0 saturated carbocycles. The van der Waals surface area contributed by atoms with Gasteiger partial charge >= 0.3 is 0 Å². The number of benzene rings is 1. The normalized spacial score (nSPS) is 12.4. The van der Waals surface area contributed by atoms with Crippen LogP contribution in [0, 0.1) is 0 Å². The quantitative estimate of drug-likeness (QED) is 0.874. The summed E-state index contributed by atoms with van der Waals surface area (Å²) < 4.78 is 1.04. The molecule has 1 aromatic carbocycles. The summed E-state index contributed by atoms with van der Waals surface area (Å²) in [4.78, 5) is 4.05. The van der Waals surface area contributed by atoms with E-state index >= 15 is 0 Å². The zero-order valence-electron chi connectivity index (χ0n) is 10.7. The maximum Gasteiger partial charge on any atom is 0.0417 e. The number of aromatic nitrogens is 1. The molecule has 0 aliphatic carbocycles. The molecule has 0 aliphatic rings. The molecule has 0 radical (unpaired) electrons. The largest absolute Gasteiger partial charge is 0.310 e. The van der Waals surface area contributed by atoms with Gasteiger partial charge in [-0.05, 0) is 48.4 Å². The highest BCUT2D eigenvalue weighted by molar-refractivity contribution is 9.10. The molecule has 2 aromatic rings. The van der Waals surface area contributed by atoms with Gasteiger partial charge in [0.1, 0.15) is 0 Å². The van der Waals surface area contributed by atoms with Crippen LogP contribution in [0.1, 0.15) is 24.1 Å². The molecule has 1 unspecified atom stereocenters. The number of halogens is 2. The van der Waals surface area contributed by atoms with Gasteiger partial charge in [-0.3, -0.25) is 4.98 Å². The molecule has 0 bridgehead atoms. The van der Waals surface area contributed by atoms with Crippen molar-refractivity contribution in [2.24, 2.45) is 0 Å². The standard InChI is InChI=1S/C15H16BrClN2/c1-2-19-15(9-11-5-7-18-8-6-11)13-4-3-12(17)10-14(13)16/h3-8,10,15,19H,2,9H2,1H3. The SMILES string of the molecule is CCNC(Cc1ccncc1)c1ccc(Cl)cc1Br. The van der Waals surface area contributed by atoms with Crippen LogP contribution in [0.15, 0.2) is 47.2 Å². The highest BCUT2D eigenvalue weighted by Gasteiger charge is 2.14. The molecule has 100 valence electrons. The van der Waals surface area contributed by atoms with E-state index in [0.717, 1.165) is 22.5 Å². The van der Waals surface area contributed by atoms with Gasteiger partial charge in [-0.1, -0.05) is 40.5 Å². The first-order valence-corrected chi connectivity index (χ1v) is 7.45. The van der Waals surface area contributed by atoms with E-state index in [-0.39, 0.29) is 6.04 Å². The molecule has 0 aliphatic heterocycles. The van der Waals surface area contributed by atoms with E-state index in [1.54, 1.807) is 0 Å². The van der Waals surface area contributed by atoms with Crippen molar-refractivity contribution in [2.75, 3.05) is 6.54 Å². The summed E-state index contributed by atoms with van der Waals surface area (Å²) in [5.41, 5.74) is 2.49. The Bertz CT molecular complexity index is 531. The smallest absolute Gasteiger partial charge is 0.0417 e. The van der Waals surface area contributed by atoms with Crippen LogP contribution in [0.5, 0.6) is 0 Å². The predicted molar refractivity (Wildman–Crippen MR) is 83.5 cm³/mol. The molecule has 1 N–H and O–H groups in total. The van der Waals surface area contributed by atoms with Gasteiger partial charge in [-0.2, -0.15) is 0 Å². The predicted octanol–water partition coefficient (Wildman–Crippen LogP) is 4.39. The number of pyridine rings is 1. The number of hydrogen-bond acceptors (Lipinski definition) is 2. The van der Waals surface area contributed by atoms with Crippen molar-refractivity contribution in [2.45, 2.75) is 19.4 Å². The van der Waals surface area contributed by atoms with Crippen LogP contribution in [0.3, 0.4) is 0 Å². The van der Waals surface area contributed by atoms with Gasteiger partial charge in [0.15, 0.2) is 0 Å². The molecule has 0 fully saturated rings. The molecule has 2 nitrogen and oxygen atoms in total. The van der Waals surface area contributed by atoms with Crippen LogP contribution < -0.4 is 5.32 Å². The topological polar surface area (TPSA) is 24.9 Å². The Balaban J connectivity index is 2.24. The molecule has 0 saturated heterocycles. The van der Waals surface area contributed by atoms with Gasteiger partial charge < -0.3 is 5.32 Å². The first-order chi connectivity index (χ1) is 9.20. The van der Waals surface area contributed by atoms with Gasteiger partial charge in [0, 0.05) is 27.9 Å². The minimum absolute atomic E-state index is 0.263. The average Bonchev–Trinajstić information content (AvgIpc) is 2.39. The number of nitrogens with zero attached hydrogens (tertiary/aromatic N) is 1. The fourth-order valence-electron chi connectivity index (χ4n) is 2.08. The first-order valence-electron chi connectivity index (χ1n) is 6.28. The maximum absolute atomic E-state index is 6.00. The minimum Gasteiger partial charge on any atom is -0.310 e. The van der Waals surface area contributed by atoms with Gasteiger partial charge in [0.05, 0.1) is 0 Å². The minimum atomic E-state index is 0.263. The van der Waals surface area contributed by atoms with Gasteiger partial charge in [0.25, 0.3) is 0 Å². The van der Waals surface area contributed by atoms with Crippen molar-refractivity contribution < 1.29 is 0 Å². The highest BCUT2D eigenvalue weighted by Crippen LogP contribution is 2.28. The van der Waals surface area contributed by atoms with Crippen LogP contribution in [-0.2, 0) is 6.42 Å². The Labute approximate surface area is 127 Å². The summed E-state index contributed by atoms with van der Waals surface area (Å²) in [6, 6.07) is 10.3. The van der Waals surface area contributed by atoms with E-state index in [2.05, 4.69) is 39.2 Å². The Kier molecular flexibility index (Phi) is 5.37. The summed E-state index contributed by atoms with van der Waals surface area (Å²) in [6.45, 7) is 3.04. The lowest BCUT2D eigenvalue weighted by atomic mass is 9.99. The Morgan fingerprint density at radius 1 is 1.26 bits per heavy atom. The fraction of sp³-hybridized carbons (Fsp3) is 0.267. The number of likely N-dealkylation sites (N-methyl/N-ethyl adjacent to an activating group) is 1. The van der Waals surface area contributed by atoms with E-state index in [0.29, 0.717) is 0 Å². The number of hydrogen-bond donors (Lipinski definition) is 1. The van der Waals surface area contributed by atoms with Gasteiger partial charge in [-0.15, -0.1) is 0 Å². The molecular formula is C15H16BrClN2. The third-order valence-electron chi connectivity index (χ3n) is 2.98. The third kappa shape index (κ3) is 4.03. The molecule has 1 atom stereocenters. The van der Waals surface area contributed by atoms with Gasteiger partial charge in [-0.25, -0.2) is 0 Å². The Morgan fingerprint density at radius 2 is 2.00 bits per heavy atom. The summed E-state index contributed by atoms with van der Waals surface area (Å²) >= 11 is 9.59. The lowest BCUT2D eigenvalue weighted by Gasteiger charge is -2.20. The van der Waals surface area contributed by atoms with Crippen LogP contribution in [0.2, 0.25) is 5.02 Å². The van der Waals surface area contributed by atoms with Crippen molar-refractivity contribution in [3.8, 4) is 0 Å². The van der Waals surface area contributed by atoms with E-state index in [1.807, 2.05) is 36.7 Å². The van der Waals surface area contributed by atoms with Crippen molar-refractivity contribution in [3.05, 3.63) is 63.3 Å². The summed E-state index contributed by atoms with van der Waals surface area (Å²) in [6.07, 6.45) is 4.58. The second kappa shape index (κ2) is 7.04. The molecule has 2 rings (SSSR count). The zero-order valence-corrected chi connectivity index (χ0v) is 13.1.